The Bertz CT molecular complexity index is 370. The SMILES string of the molecule is CCNCc1cccnc1N1CCCC(OC)C1. The molecule has 100 valence electrons. The topological polar surface area (TPSA) is 37.4 Å². The van der Waals surface area contributed by atoms with Crippen LogP contribution in [-0.2, 0) is 11.3 Å². The molecule has 1 saturated heterocycles. The fourth-order valence-corrected chi connectivity index (χ4v) is 2.44. The summed E-state index contributed by atoms with van der Waals surface area (Å²) in [6, 6.07) is 4.16. The van der Waals surface area contributed by atoms with Crippen LogP contribution >= 0.6 is 0 Å². The summed E-state index contributed by atoms with van der Waals surface area (Å²) in [5.41, 5.74) is 1.27. The van der Waals surface area contributed by atoms with Crippen molar-refractivity contribution in [3.8, 4) is 0 Å². The monoisotopic (exact) mass is 249 g/mol. The van der Waals surface area contributed by atoms with Crippen molar-refractivity contribution in [2.75, 3.05) is 31.6 Å². The standard InChI is InChI=1S/C14H23N3O/c1-3-15-10-12-6-4-8-16-14(12)17-9-5-7-13(11-17)18-2/h4,6,8,13,15H,3,5,7,9-11H2,1-2H3. The van der Waals surface area contributed by atoms with Gasteiger partial charge in [-0.15, -0.1) is 0 Å². The number of nitrogens with zero attached hydrogens (tertiary/aromatic N) is 2. The number of ether oxygens (including phenoxy) is 1. The van der Waals surface area contributed by atoms with Crippen molar-refractivity contribution in [2.24, 2.45) is 0 Å². The van der Waals surface area contributed by atoms with E-state index in [2.05, 4.69) is 28.2 Å². The van der Waals surface area contributed by atoms with Gasteiger partial charge in [-0.1, -0.05) is 13.0 Å². The molecule has 1 unspecified atom stereocenters. The number of anilines is 1. The molecule has 4 nitrogen and oxygen atoms in total. The average molecular weight is 249 g/mol. The lowest BCUT2D eigenvalue weighted by Crippen LogP contribution is -2.40. The second-order valence-corrected chi connectivity index (χ2v) is 4.71. The summed E-state index contributed by atoms with van der Waals surface area (Å²) in [6.07, 6.45) is 4.55. The van der Waals surface area contributed by atoms with Crippen molar-refractivity contribution >= 4 is 5.82 Å². The fraction of sp³-hybridized carbons (Fsp3) is 0.643. The van der Waals surface area contributed by atoms with E-state index in [0.717, 1.165) is 38.4 Å². The van der Waals surface area contributed by atoms with Gasteiger partial charge in [0.1, 0.15) is 5.82 Å². The summed E-state index contributed by atoms with van der Waals surface area (Å²) < 4.78 is 5.48. The minimum absolute atomic E-state index is 0.341. The van der Waals surface area contributed by atoms with Gasteiger partial charge in [-0.25, -0.2) is 4.98 Å². The van der Waals surface area contributed by atoms with Gasteiger partial charge in [-0.3, -0.25) is 0 Å². The molecular formula is C14H23N3O. The highest BCUT2D eigenvalue weighted by Gasteiger charge is 2.21. The molecule has 1 aliphatic rings. The van der Waals surface area contributed by atoms with E-state index in [1.54, 1.807) is 7.11 Å². The van der Waals surface area contributed by atoms with E-state index < -0.39 is 0 Å². The van der Waals surface area contributed by atoms with Crippen LogP contribution in [0, 0.1) is 0 Å². The lowest BCUT2D eigenvalue weighted by molar-refractivity contribution is 0.0891. The Morgan fingerprint density at radius 2 is 2.44 bits per heavy atom. The maximum atomic E-state index is 5.48. The first-order chi connectivity index (χ1) is 8.85. The first kappa shape index (κ1) is 13.3. The smallest absolute Gasteiger partial charge is 0.133 e. The molecule has 0 saturated carbocycles. The highest BCUT2D eigenvalue weighted by atomic mass is 16.5. The summed E-state index contributed by atoms with van der Waals surface area (Å²) in [5.74, 6) is 1.11. The van der Waals surface area contributed by atoms with Gasteiger partial charge >= 0.3 is 0 Å². The molecule has 1 aliphatic heterocycles. The zero-order chi connectivity index (χ0) is 12.8. The number of piperidine rings is 1. The van der Waals surface area contributed by atoms with E-state index in [9.17, 15) is 0 Å². The van der Waals surface area contributed by atoms with Gasteiger partial charge in [-0.2, -0.15) is 0 Å². The quantitative estimate of drug-likeness (QED) is 0.863. The third kappa shape index (κ3) is 3.21. The molecular weight excluding hydrogens is 226 g/mol. The van der Waals surface area contributed by atoms with Crippen LogP contribution in [-0.4, -0.2) is 37.8 Å². The second kappa shape index (κ2) is 6.71. The van der Waals surface area contributed by atoms with E-state index in [4.69, 9.17) is 4.74 Å². The third-order valence-electron chi connectivity index (χ3n) is 3.44. The van der Waals surface area contributed by atoms with Crippen LogP contribution in [0.25, 0.3) is 0 Å². The maximum absolute atomic E-state index is 5.48. The average Bonchev–Trinajstić information content (AvgIpc) is 2.45. The van der Waals surface area contributed by atoms with Gasteiger partial charge in [0, 0.05) is 38.5 Å². The molecule has 0 aromatic carbocycles. The number of methoxy groups -OCH3 is 1. The molecule has 1 aromatic heterocycles. The zero-order valence-corrected chi connectivity index (χ0v) is 11.4. The van der Waals surface area contributed by atoms with Gasteiger partial charge < -0.3 is 15.0 Å². The number of aromatic nitrogens is 1. The van der Waals surface area contributed by atoms with Crippen LogP contribution in [0.1, 0.15) is 25.3 Å². The second-order valence-electron chi connectivity index (χ2n) is 4.71. The van der Waals surface area contributed by atoms with Gasteiger partial charge in [0.25, 0.3) is 0 Å². The first-order valence-corrected chi connectivity index (χ1v) is 6.77. The van der Waals surface area contributed by atoms with Crippen LogP contribution < -0.4 is 10.2 Å². The van der Waals surface area contributed by atoms with Crippen LogP contribution in [0.3, 0.4) is 0 Å². The van der Waals surface area contributed by atoms with Crippen molar-refractivity contribution in [3.63, 3.8) is 0 Å². The van der Waals surface area contributed by atoms with Crippen LogP contribution in [0.15, 0.2) is 18.3 Å². The number of rotatable bonds is 5. The molecule has 1 aromatic rings. The van der Waals surface area contributed by atoms with Crippen molar-refractivity contribution in [2.45, 2.75) is 32.4 Å². The van der Waals surface area contributed by atoms with Crippen molar-refractivity contribution in [1.29, 1.82) is 0 Å². The summed E-state index contributed by atoms with van der Waals surface area (Å²) >= 11 is 0. The molecule has 18 heavy (non-hydrogen) atoms. The van der Waals surface area contributed by atoms with Crippen molar-refractivity contribution in [1.82, 2.24) is 10.3 Å². The first-order valence-electron chi connectivity index (χ1n) is 6.77. The lowest BCUT2D eigenvalue weighted by Gasteiger charge is -2.33. The fourth-order valence-electron chi connectivity index (χ4n) is 2.44. The molecule has 4 heteroatoms. The summed E-state index contributed by atoms with van der Waals surface area (Å²) in [7, 11) is 1.80. The molecule has 0 radical (unpaired) electrons. The summed E-state index contributed by atoms with van der Waals surface area (Å²) in [5, 5.41) is 3.37. The molecule has 0 bridgehead atoms. The molecule has 1 atom stereocenters. The predicted octanol–water partition coefficient (Wildman–Crippen LogP) is 1.81. The largest absolute Gasteiger partial charge is 0.380 e. The zero-order valence-electron chi connectivity index (χ0n) is 11.4. The Hall–Kier alpha value is -1.13. The predicted molar refractivity (Wildman–Crippen MR) is 73.9 cm³/mol. The summed E-state index contributed by atoms with van der Waals surface area (Å²) in [6.45, 7) is 6.02. The summed E-state index contributed by atoms with van der Waals surface area (Å²) in [4.78, 5) is 6.91. The molecule has 0 amide bonds. The Morgan fingerprint density at radius 3 is 3.22 bits per heavy atom. The Labute approximate surface area is 109 Å². The highest BCUT2D eigenvalue weighted by Crippen LogP contribution is 2.22. The van der Waals surface area contributed by atoms with Crippen molar-refractivity contribution < 1.29 is 4.74 Å². The molecule has 0 spiro atoms. The number of hydrogen-bond acceptors (Lipinski definition) is 4. The van der Waals surface area contributed by atoms with E-state index in [0.29, 0.717) is 6.10 Å². The van der Waals surface area contributed by atoms with Gasteiger partial charge in [0.15, 0.2) is 0 Å². The van der Waals surface area contributed by atoms with Gasteiger partial charge in [0.05, 0.1) is 6.10 Å². The van der Waals surface area contributed by atoms with E-state index in [1.165, 1.54) is 12.0 Å². The minimum atomic E-state index is 0.341. The van der Waals surface area contributed by atoms with Gasteiger partial charge in [0.2, 0.25) is 0 Å². The van der Waals surface area contributed by atoms with Crippen molar-refractivity contribution in [3.05, 3.63) is 23.9 Å². The normalized spacial score (nSPS) is 20.1. The lowest BCUT2D eigenvalue weighted by atomic mass is 10.1. The number of hydrogen-bond donors (Lipinski definition) is 1. The molecule has 2 heterocycles. The number of pyridine rings is 1. The van der Waals surface area contributed by atoms with Crippen LogP contribution in [0.4, 0.5) is 5.82 Å². The van der Waals surface area contributed by atoms with Crippen LogP contribution in [0.5, 0.6) is 0 Å². The minimum Gasteiger partial charge on any atom is -0.380 e. The van der Waals surface area contributed by atoms with E-state index >= 15 is 0 Å². The third-order valence-corrected chi connectivity index (χ3v) is 3.44. The molecule has 1 N–H and O–H groups in total. The molecule has 1 fully saturated rings. The maximum Gasteiger partial charge on any atom is 0.133 e. The highest BCUT2D eigenvalue weighted by molar-refractivity contribution is 5.47. The van der Waals surface area contributed by atoms with Gasteiger partial charge in [-0.05, 0) is 25.5 Å². The Morgan fingerprint density at radius 1 is 1.56 bits per heavy atom. The van der Waals surface area contributed by atoms with Crippen LogP contribution in [0.2, 0.25) is 0 Å². The Balaban J connectivity index is 2.11. The molecule has 2 rings (SSSR count). The van der Waals surface area contributed by atoms with E-state index in [1.807, 2.05) is 12.3 Å². The molecule has 0 aliphatic carbocycles. The Kier molecular flexibility index (Phi) is 4.96. The number of nitrogens with one attached hydrogen (secondary N) is 1. The van der Waals surface area contributed by atoms with E-state index in [-0.39, 0.29) is 0 Å².